The highest BCUT2D eigenvalue weighted by Crippen LogP contribution is 2.22. The van der Waals surface area contributed by atoms with Crippen LogP contribution < -0.4 is 5.32 Å². The molecule has 4 nitrogen and oxygen atoms in total. The third-order valence-electron chi connectivity index (χ3n) is 3.66. The van der Waals surface area contributed by atoms with Gasteiger partial charge in [-0.15, -0.1) is 0 Å². The van der Waals surface area contributed by atoms with Gasteiger partial charge < -0.3 is 10.4 Å². The van der Waals surface area contributed by atoms with E-state index in [-0.39, 0.29) is 12.0 Å². The summed E-state index contributed by atoms with van der Waals surface area (Å²) >= 11 is 0. The van der Waals surface area contributed by atoms with Crippen molar-refractivity contribution in [2.45, 2.75) is 25.3 Å². The number of carbonyl (C=O) groups is 2. The number of nitrogens with one attached hydrogen (secondary N) is 1. The minimum Gasteiger partial charge on any atom is -0.481 e. The number of amides is 1. The summed E-state index contributed by atoms with van der Waals surface area (Å²) in [6.07, 6.45) is -0.236. The minimum absolute atomic E-state index is 0.236. The van der Waals surface area contributed by atoms with Gasteiger partial charge in [-0.3, -0.25) is 9.59 Å². The van der Waals surface area contributed by atoms with Crippen molar-refractivity contribution >= 4 is 11.9 Å². The number of benzene rings is 2. The lowest BCUT2D eigenvalue weighted by Gasteiger charge is -2.20. The SMILES string of the molecule is CC(C(=O)NC(CC(=O)O)c1ccccc1)c1ccccc1F. The van der Waals surface area contributed by atoms with Gasteiger partial charge in [-0.1, -0.05) is 48.5 Å². The van der Waals surface area contributed by atoms with Crippen molar-refractivity contribution in [1.29, 1.82) is 0 Å². The van der Waals surface area contributed by atoms with Crippen molar-refractivity contribution in [2.75, 3.05) is 0 Å². The van der Waals surface area contributed by atoms with Gasteiger partial charge >= 0.3 is 5.97 Å². The fourth-order valence-corrected chi connectivity index (χ4v) is 2.38. The summed E-state index contributed by atoms with van der Waals surface area (Å²) in [4.78, 5) is 23.4. The second-order valence-corrected chi connectivity index (χ2v) is 5.31. The van der Waals surface area contributed by atoms with Crippen molar-refractivity contribution in [3.8, 4) is 0 Å². The molecule has 0 bridgehead atoms. The predicted molar refractivity (Wildman–Crippen MR) is 84.4 cm³/mol. The first-order valence-corrected chi connectivity index (χ1v) is 7.30. The van der Waals surface area contributed by atoms with E-state index in [1.54, 1.807) is 49.4 Å². The van der Waals surface area contributed by atoms with E-state index in [1.165, 1.54) is 6.07 Å². The summed E-state index contributed by atoms with van der Waals surface area (Å²) in [5, 5.41) is 11.8. The average molecular weight is 315 g/mol. The minimum atomic E-state index is -1.02. The Morgan fingerprint density at radius 2 is 1.70 bits per heavy atom. The molecule has 2 atom stereocenters. The van der Waals surface area contributed by atoms with Crippen LogP contribution in [0.5, 0.6) is 0 Å². The van der Waals surface area contributed by atoms with Gasteiger partial charge in [0.1, 0.15) is 5.82 Å². The van der Waals surface area contributed by atoms with E-state index in [9.17, 15) is 14.0 Å². The summed E-state index contributed by atoms with van der Waals surface area (Å²) in [6.45, 7) is 1.59. The summed E-state index contributed by atoms with van der Waals surface area (Å²) in [6, 6.07) is 14.3. The van der Waals surface area contributed by atoms with Gasteiger partial charge in [0.25, 0.3) is 0 Å². The Morgan fingerprint density at radius 1 is 1.09 bits per heavy atom. The van der Waals surface area contributed by atoms with Gasteiger partial charge in [0.05, 0.1) is 18.4 Å². The molecule has 0 radical (unpaired) electrons. The van der Waals surface area contributed by atoms with Crippen LogP contribution in [0.15, 0.2) is 54.6 Å². The molecule has 0 aromatic heterocycles. The molecule has 5 heteroatoms. The number of hydrogen-bond acceptors (Lipinski definition) is 2. The Labute approximate surface area is 134 Å². The number of halogens is 1. The van der Waals surface area contributed by atoms with Crippen molar-refractivity contribution < 1.29 is 19.1 Å². The molecule has 23 heavy (non-hydrogen) atoms. The second kappa shape index (κ2) is 7.54. The lowest BCUT2D eigenvalue weighted by molar-refractivity contribution is -0.137. The van der Waals surface area contributed by atoms with E-state index in [0.29, 0.717) is 5.56 Å². The lowest BCUT2D eigenvalue weighted by Crippen LogP contribution is -2.33. The molecule has 120 valence electrons. The van der Waals surface area contributed by atoms with E-state index >= 15 is 0 Å². The van der Waals surface area contributed by atoms with Crippen LogP contribution in [0.2, 0.25) is 0 Å². The van der Waals surface area contributed by atoms with Gasteiger partial charge in [0.15, 0.2) is 0 Å². The lowest BCUT2D eigenvalue weighted by atomic mass is 9.97. The first kappa shape index (κ1) is 16.7. The summed E-state index contributed by atoms with van der Waals surface area (Å²) in [7, 11) is 0. The topological polar surface area (TPSA) is 66.4 Å². The molecule has 2 unspecified atom stereocenters. The zero-order valence-electron chi connectivity index (χ0n) is 12.7. The Kier molecular flexibility index (Phi) is 5.46. The maximum Gasteiger partial charge on any atom is 0.305 e. The van der Waals surface area contributed by atoms with E-state index in [0.717, 1.165) is 0 Å². The number of carboxylic acids is 1. The van der Waals surface area contributed by atoms with Crippen LogP contribution in [0.1, 0.15) is 36.4 Å². The average Bonchev–Trinajstić information content (AvgIpc) is 2.54. The van der Waals surface area contributed by atoms with Gasteiger partial charge in [-0.2, -0.15) is 0 Å². The molecule has 0 aliphatic carbocycles. The Balaban J connectivity index is 2.17. The molecular weight excluding hydrogens is 297 g/mol. The fourth-order valence-electron chi connectivity index (χ4n) is 2.38. The van der Waals surface area contributed by atoms with Crippen LogP contribution in [0.25, 0.3) is 0 Å². The standard InChI is InChI=1S/C18H18FNO3/c1-12(14-9-5-6-10-15(14)19)18(23)20-16(11-17(21)22)13-7-3-2-4-8-13/h2-10,12,16H,11H2,1H3,(H,20,23)(H,21,22). The summed E-state index contributed by atoms with van der Waals surface area (Å²) in [5.41, 5.74) is 0.983. The fraction of sp³-hybridized carbons (Fsp3) is 0.222. The smallest absolute Gasteiger partial charge is 0.305 e. The molecule has 2 N–H and O–H groups in total. The van der Waals surface area contributed by atoms with Crippen molar-refractivity contribution in [3.63, 3.8) is 0 Å². The van der Waals surface area contributed by atoms with Crippen molar-refractivity contribution in [1.82, 2.24) is 5.32 Å². The number of carbonyl (C=O) groups excluding carboxylic acids is 1. The highest BCUT2D eigenvalue weighted by atomic mass is 19.1. The van der Waals surface area contributed by atoms with Gasteiger partial charge in [-0.05, 0) is 24.1 Å². The van der Waals surface area contributed by atoms with Crippen LogP contribution in [-0.4, -0.2) is 17.0 Å². The molecule has 0 aliphatic rings. The van der Waals surface area contributed by atoms with Crippen LogP contribution in [0.3, 0.4) is 0 Å². The predicted octanol–water partition coefficient (Wildman–Crippen LogP) is 3.26. The molecule has 0 spiro atoms. The number of rotatable bonds is 6. The van der Waals surface area contributed by atoms with Crippen molar-refractivity contribution in [3.05, 3.63) is 71.5 Å². The van der Waals surface area contributed by atoms with Crippen LogP contribution in [0, 0.1) is 5.82 Å². The molecule has 2 rings (SSSR count). The van der Waals surface area contributed by atoms with E-state index in [1.807, 2.05) is 6.07 Å². The first-order valence-electron chi connectivity index (χ1n) is 7.30. The first-order chi connectivity index (χ1) is 11.0. The Morgan fingerprint density at radius 3 is 2.30 bits per heavy atom. The van der Waals surface area contributed by atoms with Crippen LogP contribution in [-0.2, 0) is 9.59 Å². The van der Waals surface area contributed by atoms with E-state index < -0.39 is 29.7 Å². The largest absolute Gasteiger partial charge is 0.481 e. The van der Waals surface area contributed by atoms with E-state index in [4.69, 9.17) is 5.11 Å². The molecule has 0 saturated carbocycles. The van der Waals surface area contributed by atoms with Gasteiger partial charge in [0, 0.05) is 0 Å². The van der Waals surface area contributed by atoms with E-state index in [2.05, 4.69) is 5.32 Å². The summed E-state index contributed by atoms with van der Waals surface area (Å²) in [5.74, 6) is -2.59. The maximum atomic E-state index is 13.8. The van der Waals surface area contributed by atoms with Crippen LogP contribution >= 0.6 is 0 Å². The Bertz CT molecular complexity index is 688. The molecule has 2 aromatic rings. The van der Waals surface area contributed by atoms with Gasteiger partial charge in [-0.25, -0.2) is 4.39 Å². The molecule has 0 heterocycles. The maximum absolute atomic E-state index is 13.8. The number of aliphatic carboxylic acids is 1. The molecule has 2 aromatic carbocycles. The second-order valence-electron chi connectivity index (χ2n) is 5.31. The molecule has 0 fully saturated rings. The quantitative estimate of drug-likeness (QED) is 0.860. The normalized spacial score (nSPS) is 13.1. The highest BCUT2D eigenvalue weighted by molar-refractivity contribution is 5.84. The van der Waals surface area contributed by atoms with Crippen molar-refractivity contribution in [2.24, 2.45) is 0 Å². The number of carboxylic acid groups (broad SMARTS) is 1. The zero-order chi connectivity index (χ0) is 16.8. The molecule has 1 amide bonds. The van der Waals surface area contributed by atoms with Gasteiger partial charge in [0.2, 0.25) is 5.91 Å². The number of hydrogen-bond donors (Lipinski definition) is 2. The monoisotopic (exact) mass is 315 g/mol. The Hall–Kier alpha value is -2.69. The third kappa shape index (κ3) is 4.39. The molecule has 0 saturated heterocycles. The van der Waals surface area contributed by atoms with Crippen LogP contribution in [0.4, 0.5) is 4.39 Å². The molecular formula is C18H18FNO3. The zero-order valence-corrected chi connectivity index (χ0v) is 12.7. The highest BCUT2D eigenvalue weighted by Gasteiger charge is 2.23. The molecule has 0 aliphatic heterocycles. The third-order valence-corrected chi connectivity index (χ3v) is 3.66. The summed E-state index contributed by atoms with van der Waals surface area (Å²) < 4.78 is 13.8.